The molecule has 0 bridgehead atoms. The average molecular weight is 366 g/mol. The van der Waals surface area contributed by atoms with E-state index in [1.807, 2.05) is 40.7 Å². The van der Waals surface area contributed by atoms with Crippen LogP contribution in [0.2, 0.25) is 0 Å². The first-order chi connectivity index (χ1) is 13.2. The quantitative estimate of drug-likeness (QED) is 0.719. The molecular formula is C19H22N6O2. The molecule has 0 radical (unpaired) electrons. The standard InChI is InChI=1S/C19H22N6O2/c1-24-18(15(9-21-24)27-14-6-7-20-8-14)13-4-5-17-22-16(11-25(17)10-13)23-19(26)12-2-3-12/h4-5,9-12,14,20H,2-3,6-8H2,1H3,(H,23,26)/t14-/m0/s1. The highest BCUT2D eigenvalue weighted by Gasteiger charge is 2.30. The molecule has 1 saturated heterocycles. The number of ether oxygens (including phenoxy) is 1. The van der Waals surface area contributed by atoms with Gasteiger partial charge < -0.3 is 19.8 Å². The molecule has 140 valence electrons. The van der Waals surface area contributed by atoms with Gasteiger partial charge in [0.25, 0.3) is 0 Å². The van der Waals surface area contributed by atoms with Crippen molar-refractivity contribution in [3.05, 3.63) is 30.7 Å². The number of aromatic nitrogens is 4. The summed E-state index contributed by atoms with van der Waals surface area (Å²) >= 11 is 0. The van der Waals surface area contributed by atoms with E-state index in [4.69, 9.17) is 4.74 Å². The molecule has 5 rings (SSSR count). The predicted octanol–water partition coefficient (Wildman–Crippen LogP) is 1.82. The first-order valence-electron chi connectivity index (χ1n) is 9.37. The smallest absolute Gasteiger partial charge is 0.228 e. The van der Waals surface area contributed by atoms with Crippen molar-refractivity contribution in [2.45, 2.75) is 25.4 Å². The molecule has 3 aromatic rings. The van der Waals surface area contributed by atoms with E-state index < -0.39 is 0 Å². The molecular weight excluding hydrogens is 344 g/mol. The van der Waals surface area contributed by atoms with E-state index in [2.05, 4.69) is 20.7 Å². The lowest BCUT2D eigenvalue weighted by atomic mass is 10.2. The minimum atomic E-state index is 0.0612. The van der Waals surface area contributed by atoms with E-state index in [0.29, 0.717) is 5.82 Å². The SMILES string of the molecule is Cn1ncc(O[C@H]2CCNC2)c1-c1ccc2nc(NC(=O)C3CC3)cn2c1. The normalized spacial score (nSPS) is 19.5. The van der Waals surface area contributed by atoms with Crippen LogP contribution < -0.4 is 15.4 Å². The summed E-state index contributed by atoms with van der Waals surface area (Å²) in [6.45, 7) is 1.84. The minimum Gasteiger partial charge on any atom is -0.485 e. The number of carbonyl (C=O) groups is 1. The van der Waals surface area contributed by atoms with Crippen molar-refractivity contribution in [1.82, 2.24) is 24.5 Å². The Bertz CT molecular complexity index is 997. The number of anilines is 1. The van der Waals surface area contributed by atoms with Gasteiger partial charge in [-0.1, -0.05) is 0 Å². The van der Waals surface area contributed by atoms with Gasteiger partial charge in [0.05, 0.1) is 12.4 Å². The first kappa shape index (κ1) is 16.3. The number of rotatable bonds is 5. The number of carbonyl (C=O) groups excluding carboxylic acids is 1. The monoisotopic (exact) mass is 366 g/mol. The second-order valence-corrected chi connectivity index (χ2v) is 7.29. The highest BCUT2D eigenvalue weighted by atomic mass is 16.5. The van der Waals surface area contributed by atoms with E-state index in [1.54, 1.807) is 6.20 Å². The van der Waals surface area contributed by atoms with Crippen LogP contribution in [-0.2, 0) is 11.8 Å². The lowest BCUT2D eigenvalue weighted by Gasteiger charge is -2.13. The maximum atomic E-state index is 12.0. The van der Waals surface area contributed by atoms with Crippen LogP contribution in [0.25, 0.3) is 16.9 Å². The topological polar surface area (TPSA) is 85.5 Å². The number of aryl methyl sites for hydroxylation is 1. The molecule has 8 nitrogen and oxygen atoms in total. The maximum absolute atomic E-state index is 12.0. The van der Waals surface area contributed by atoms with Crippen LogP contribution >= 0.6 is 0 Å². The van der Waals surface area contributed by atoms with E-state index in [9.17, 15) is 4.79 Å². The Hall–Kier alpha value is -2.87. The summed E-state index contributed by atoms with van der Waals surface area (Å²) in [4.78, 5) is 16.4. The lowest BCUT2D eigenvalue weighted by molar-refractivity contribution is -0.117. The van der Waals surface area contributed by atoms with Crippen molar-refractivity contribution < 1.29 is 9.53 Å². The van der Waals surface area contributed by atoms with Crippen LogP contribution in [0.3, 0.4) is 0 Å². The zero-order valence-electron chi connectivity index (χ0n) is 15.2. The Morgan fingerprint density at radius 3 is 2.96 bits per heavy atom. The third-order valence-electron chi connectivity index (χ3n) is 5.14. The number of imidazole rings is 1. The number of hydrogen-bond donors (Lipinski definition) is 2. The molecule has 0 aromatic carbocycles. The van der Waals surface area contributed by atoms with Gasteiger partial charge in [0, 0.05) is 31.3 Å². The molecule has 2 fully saturated rings. The van der Waals surface area contributed by atoms with Gasteiger partial charge in [0.15, 0.2) is 11.6 Å². The summed E-state index contributed by atoms with van der Waals surface area (Å²) in [6, 6.07) is 3.95. The van der Waals surface area contributed by atoms with Gasteiger partial charge in [-0.3, -0.25) is 9.48 Å². The maximum Gasteiger partial charge on any atom is 0.228 e. The number of nitrogens with one attached hydrogen (secondary N) is 2. The molecule has 3 aromatic heterocycles. The summed E-state index contributed by atoms with van der Waals surface area (Å²) in [6.07, 6.45) is 8.73. The second kappa shape index (κ2) is 6.38. The largest absolute Gasteiger partial charge is 0.485 e. The van der Waals surface area contributed by atoms with Gasteiger partial charge in [0.1, 0.15) is 17.4 Å². The van der Waals surface area contributed by atoms with Gasteiger partial charge in [0.2, 0.25) is 5.91 Å². The molecule has 2 N–H and O–H groups in total. The van der Waals surface area contributed by atoms with E-state index >= 15 is 0 Å². The molecule has 27 heavy (non-hydrogen) atoms. The van der Waals surface area contributed by atoms with Crippen LogP contribution in [0.15, 0.2) is 30.7 Å². The molecule has 0 spiro atoms. The van der Waals surface area contributed by atoms with Crippen LogP contribution in [0.4, 0.5) is 5.82 Å². The van der Waals surface area contributed by atoms with Crippen LogP contribution in [0.1, 0.15) is 19.3 Å². The summed E-state index contributed by atoms with van der Waals surface area (Å²) < 4.78 is 9.90. The number of fused-ring (bicyclic) bond motifs is 1. The van der Waals surface area contributed by atoms with Crippen LogP contribution in [-0.4, -0.2) is 44.3 Å². The lowest BCUT2D eigenvalue weighted by Crippen LogP contribution is -2.19. The molecule has 8 heteroatoms. The summed E-state index contributed by atoms with van der Waals surface area (Å²) in [7, 11) is 1.91. The highest BCUT2D eigenvalue weighted by Crippen LogP contribution is 2.32. The average Bonchev–Trinajstić information content (AvgIpc) is 3.06. The van der Waals surface area contributed by atoms with Gasteiger partial charge >= 0.3 is 0 Å². The zero-order chi connectivity index (χ0) is 18.4. The Morgan fingerprint density at radius 1 is 1.30 bits per heavy atom. The molecule has 4 heterocycles. The molecule has 1 aliphatic carbocycles. The Labute approximate surface area is 156 Å². The number of hydrogen-bond acceptors (Lipinski definition) is 5. The Kier molecular flexibility index (Phi) is 3.86. The first-order valence-corrected chi connectivity index (χ1v) is 9.37. The molecule has 1 atom stereocenters. The molecule has 2 aliphatic rings. The summed E-state index contributed by atoms with van der Waals surface area (Å²) in [5, 5.41) is 10.6. The second-order valence-electron chi connectivity index (χ2n) is 7.29. The van der Waals surface area contributed by atoms with Crippen LogP contribution in [0, 0.1) is 5.92 Å². The third kappa shape index (κ3) is 3.16. The highest BCUT2D eigenvalue weighted by molar-refractivity contribution is 5.93. The van der Waals surface area contributed by atoms with E-state index in [1.165, 1.54) is 0 Å². The van der Waals surface area contributed by atoms with Crippen molar-refractivity contribution in [2.24, 2.45) is 13.0 Å². The van der Waals surface area contributed by atoms with Gasteiger partial charge in [-0.05, 0) is 37.9 Å². The Morgan fingerprint density at radius 2 is 2.19 bits per heavy atom. The minimum absolute atomic E-state index is 0.0612. The van der Waals surface area contributed by atoms with Crippen molar-refractivity contribution in [1.29, 1.82) is 0 Å². The fraction of sp³-hybridized carbons (Fsp3) is 0.421. The number of amides is 1. The molecule has 1 amide bonds. The van der Waals surface area contributed by atoms with Gasteiger partial charge in [-0.15, -0.1) is 0 Å². The summed E-state index contributed by atoms with van der Waals surface area (Å²) in [5.74, 6) is 1.59. The number of pyridine rings is 1. The zero-order valence-corrected chi connectivity index (χ0v) is 15.2. The van der Waals surface area contributed by atoms with Crippen molar-refractivity contribution >= 4 is 17.4 Å². The predicted molar refractivity (Wildman–Crippen MR) is 101 cm³/mol. The van der Waals surface area contributed by atoms with E-state index in [-0.39, 0.29) is 17.9 Å². The van der Waals surface area contributed by atoms with Crippen LogP contribution in [0.5, 0.6) is 5.75 Å². The van der Waals surface area contributed by atoms with Gasteiger partial charge in [-0.25, -0.2) is 4.98 Å². The van der Waals surface area contributed by atoms with Crippen molar-refractivity contribution in [2.75, 3.05) is 18.4 Å². The third-order valence-corrected chi connectivity index (χ3v) is 5.14. The fourth-order valence-electron chi connectivity index (χ4n) is 3.51. The van der Waals surface area contributed by atoms with Gasteiger partial charge in [-0.2, -0.15) is 5.10 Å². The fourth-order valence-corrected chi connectivity index (χ4v) is 3.51. The molecule has 1 saturated carbocycles. The van der Waals surface area contributed by atoms with E-state index in [0.717, 1.165) is 55.0 Å². The Balaban J connectivity index is 1.44. The molecule has 0 unspecified atom stereocenters. The molecule has 1 aliphatic heterocycles. The number of nitrogens with zero attached hydrogens (tertiary/aromatic N) is 4. The van der Waals surface area contributed by atoms with Crippen molar-refractivity contribution in [3.8, 4) is 17.0 Å². The van der Waals surface area contributed by atoms with Crippen molar-refractivity contribution in [3.63, 3.8) is 0 Å². The summed E-state index contributed by atoms with van der Waals surface area (Å²) in [5.41, 5.74) is 2.71.